The van der Waals surface area contributed by atoms with Crippen LogP contribution in [-0.4, -0.2) is 16.8 Å². The van der Waals surface area contributed by atoms with Crippen LogP contribution in [-0.2, 0) is 5.41 Å². The van der Waals surface area contributed by atoms with Gasteiger partial charge in [0.25, 0.3) is 0 Å². The largest absolute Gasteiger partial charge is 0.384 e. The van der Waals surface area contributed by atoms with Gasteiger partial charge in [0.15, 0.2) is 0 Å². The molecule has 0 spiro atoms. The summed E-state index contributed by atoms with van der Waals surface area (Å²) in [6.45, 7) is 9.50. The Balaban J connectivity index is 3.38. The van der Waals surface area contributed by atoms with Gasteiger partial charge in [-0.05, 0) is 24.0 Å². The van der Waals surface area contributed by atoms with E-state index in [2.05, 4.69) is 43.3 Å². The van der Waals surface area contributed by atoms with Gasteiger partial charge in [-0.1, -0.05) is 43.6 Å². The third-order valence-electron chi connectivity index (χ3n) is 2.26. The molecule has 1 aromatic carbocycles. The predicted molar refractivity (Wildman–Crippen MR) is 69.7 cm³/mol. The van der Waals surface area contributed by atoms with Gasteiger partial charge in [-0.25, -0.2) is 0 Å². The van der Waals surface area contributed by atoms with Crippen LogP contribution in [0.25, 0.3) is 0 Å². The van der Waals surface area contributed by atoms with Crippen LogP contribution >= 0.6 is 11.6 Å². The molecule has 0 unspecified atom stereocenters. The Labute approximate surface area is 101 Å². The number of anilines is 1. The van der Waals surface area contributed by atoms with Crippen molar-refractivity contribution in [3.8, 4) is 0 Å². The summed E-state index contributed by atoms with van der Waals surface area (Å²) in [5, 5.41) is 5.21. The fourth-order valence-corrected chi connectivity index (χ4v) is 2.51. The highest BCUT2D eigenvalue weighted by atomic mass is 35.5. The number of rotatable bonds is 2. The minimum atomic E-state index is 0.0689. The monoisotopic (exact) mass is 238 g/mol. The standard InChI is InChI=1S/C12H17ClNSi/c1-5-14-11-8(13)6-7-9(15)10(11)12(2,3)4/h6-7,14H,5H2,1-4H3. The second-order valence-corrected chi connectivity index (χ2v) is 5.57. The molecule has 0 bridgehead atoms. The molecule has 0 heterocycles. The van der Waals surface area contributed by atoms with Gasteiger partial charge >= 0.3 is 0 Å². The van der Waals surface area contributed by atoms with Crippen LogP contribution in [0.3, 0.4) is 0 Å². The molecule has 1 rings (SSSR count). The number of benzene rings is 1. The maximum absolute atomic E-state index is 6.20. The van der Waals surface area contributed by atoms with Crippen molar-refractivity contribution >= 4 is 32.7 Å². The van der Waals surface area contributed by atoms with Crippen LogP contribution < -0.4 is 10.5 Å². The molecule has 1 nitrogen and oxygen atoms in total. The van der Waals surface area contributed by atoms with Crippen molar-refractivity contribution < 1.29 is 0 Å². The summed E-state index contributed by atoms with van der Waals surface area (Å²) in [4.78, 5) is 0. The van der Waals surface area contributed by atoms with Gasteiger partial charge in [-0.3, -0.25) is 0 Å². The number of halogens is 1. The molecule has 0 atom stereocenters. The van der Waals surface area contributed by atoms with Gasteiger partial charge in [-0.2, -0.15) is 0 Å². The van der Waals surface area contributed by atoms with Crippen molar-refractivity contribution in [2.24, 2.45) is 0 Å². The van der Waals surface area contributed by atoms with Crippen molar-refractivity contribution in [3.63, 3.8) is 0 Å². The van der Waals surface area contributed by atoms with E-state index < -0.39 is 0 Å². The normalized spacial score (nSPS) is 11.6. The molecule has 3 radical (unpaired) electrons. The van der Waals surface area contributed by atoms with Gasteiger partial charge in [0.05, 0.1) is 21.0 Å². The van der Waals surface area contributed by atoms with Crippen LogP contribution in [0.5, 0.6) is 0 Å². The van der Waals surface area contributed by atoms with Gasteiger partial charge in [0, 0.05) is 6.54 Å². The van der Waals surface area contributed by atoms with E-state index in [1.165, 1.54) is 5.56 Å². The maximum atomic E-state index is 6.20. The van der Waals surface area contributed by atoms with E-state index >= 15 is 0 Å². The second kappa shape index (κ2) is 4.58. The van der Waals surface area contributed by atoms with Gasteiger partial charge in [-0.15, -0.1) is 0 Å². The molecule has 0 fully saturated rings. The SMILES string of the molecule is CCNc1c(Cl)ccc([Si])c1C(C)(C)C. The van der Waals surface area contributed by atoms with E-state index in [0.29, 0.717) is 0 Å². The zero-order chi connectivity index (χ0) is 11.6. The minimum absolute atomic E-state index is 0.0689. The Bertz CT molecular complexity index is 355. The smallest absolute Gasteiger partial charge is 0.0717 e. The topological polar surface area (TPSA) is 12.0 Å². The molecule has 0 saturated heterocycles. The summed E-state index contributed by atoms with van der Waals surface area (Å²) in [5.74, 6) is 0. The molecule has 15 heavy (non-hydrogen) atoms. The Hall–Kier alpha value is -0.473. The Morgan fingerprint density at radius 1 is 1.33 bits per heavy atom. The highest BCUT2D eigenvalue weighted by Gasteiger charge is 2.21. The first-order valence-corrected chi connectivity index (χ1v) is 6.04. The maximum Gasteiger partial charge on any atom is 0.0717 e. The van der Waals surface area contributed by atoms with Crippen molar-refractivity contribution in [1.82, 2.24) is 0 Å². The Kier molecular flexibility index (Phi) is 3.85. The van der Waals surface area contributed by atoms with Gasteiger partial charge in [0.1, 0.15) is 0 Å². The molecule has 81 valence electrons. The van der Waals surface area contributed by atoms with Crippen molar-refractivity contribution in [1.29, 1.82) is 0 Å². The zero-order valence-corrected chi connectivity index (χ0v) is 11.5. The molecule has 0 aromatic heterocycles. The van der Waals surface area contributed by atoms with Gasteiger partial charge in [0.2, 0.25) is 0 Å². The summed E-state index contributed by atoms with van der Waals surface area (Å²) in [5.41, 5.74) is 2.34. The van der Waals surface area contributed by atoms with Crippen molar-refractivity contribution in [2.45, 2.75) is 33.1 Å². The van der Waals surface area contributed by atoms with Gasteiger partial charge < -0.3 is 5.32 Å². The quantitative estimate of drug-likeness (QED) is 0.782. The van der Waals surface area contributed by atoms with E-state index in [0.717, 1.165) is 22.4 Å². The summed E-state index contributed by atoms with van der Waals surface area (Å²) in [6.07, 6.45) is 0. The fraction of sp³-hybridized carbons (Fsp3) is 0.500. The molecule has 0 saturated carbocycles. The molecule has 1 aromatic rings. The lowest BCUT2D eigenvalue weighted by Crippen LogP contribution is -2.25. The Morgan fingerprint density at radius 3 is 2.40 bits per heavy atom. The van der Waals surface area contributed by atoms with Crippen molar-refractivity contribution in [2.75, 3.05) is 11.9 Å². The highest BCUT2D eigenvalue weighted by molar-refractivity contribution is 6.37. The third kappa shape index (κ3) is 2.76. The first kappa shape index (κ1) is 12.6. The average molecular weight is 239 g/mol. The predicted octanol–water partition coefficient (Wildman–Crippen LogP) is 2.86. The first-order valence-electron chi connectivity index (χ1n) is 5.16. The van der Waals surface area contributed by atoms with E-state index in [1.807, 2.05) is 12.1 Å². The van der Waals surface area contributed by atoms with E-state index in [4.69, 9.17) is 11.6 Å². The van der Waals surface area contributed by atoms with Crippen LogP contribution in [0.1, 0.15) is 33.3 Å². The van der Waals surface area contributed by atoms with E-state index in [9.17, 15) is 0 Å². The summed E-state index contributed by atoms with van der Waals surface area (Å²) < 4.78 is 0. The van der Waals surface area contributed by atoms with Crippen LogP contribution in [0.4, 0.5) is 5.69 Å². The van der Waals surface area contributed by atoms with Crippen LogP contribution in [0.2, 0.25) is 5.02 Å². The first-order chi connectivity index (χ1) is 6.88. The molecule has 3 heteroatoms. The molecule has 0 amide bonds. The summed E-state index contributed by atoms with van der Waals surface area (Å²) >= 11 is 6.20. The van der Waals surface area contributed by atoms with E-state index in [1.54, 1.807) is 0 Å². The molecule has 0 aliphatic carbocycles. The third-order valence-corrected chi connectivity index (χ3v) is 2.99. The lowest BCUT2D eigenvalue weighted by molar-refractivity contribution is 0.595. The average Bonchev–Trinajstić information content (AvgIpc) is 2.09. The number of hydrogen-bond acceptors (Lipinski definition) is 1. The summed E-state index contributed by atoms with van der Waals surface area (Å²) in [6, 6.07) is 3.91. The molecular formula is C12H17ClNSi. The highest BCUT2D eigenvalue weighted by Crippen LogP contribution is 2.32. The molecule has 1 N–H and O–H groups in total. The second-order valence-electron chi connectivity index (χ2n) is 4.63. The summed E-state index contributed by atoms with van der Waals surface area (Å²) in [7, 11) is 3.64. The molecular weight excluding hydrogens is 222 g/mol. The van der Waals surface area contributed by atoms with Crippen LogP contribution in [0.15, 0.2) is 12.1 Å². The van der Waals surface area contributed by atoms with Crippen molar-refractivity contribution in [3.05, 3.63) is 22.7 Å². The van der Waals surface area contributed by atoms with E-state index in [-0.39, 0.29) is 5.41 Å². The lowest BCUT2D eigenvalue weighted by Gasteiger charge is -2.26. The molecule has 0 aliphatic rings. The number of hydrogen-bond donors (Lipinski definition) is 1. The lowest BCUT2D eigenvalue weighted by atomic mass is 9.85. The fourth-order valence-electron chi connectivity index (χ4n) is 1.71. The zero-order valence-electron chi connectivity index (χ0n) is 9.74. The number of nitrogens with one attached hydrogen (secondary N) is 1. The minimum Gasteiger partial charge on any atom is -0.384 e. The Morgan fingerprint density at radius 2 is 1.93 bits per heavy atom. The molecule has 0 aliphatic heterocycles. The van der Waals surface area contributed by atoms with Crippen LogP contribution in [0, 0.1) is 0 Å².